The van der Waals surface area contributed by atoms with Gasteiger partial charge in [0.05, 0.1) is 18.8 Å². The maximum absolute atomic E-state index is 11.3. The van der Waals surface area contributed by atoms with Gasteiger partial charge in [0.25, 0.3) is 0 Å². The smallest absolute Gasteiger partial charge is 0.0636 e. The molecule has 4 saturated carbocycles. The number of fused-ring (bicyclic) bond motifs is 6. The van der Waals surface area contributed by atoms with E-state index in [1.165, 1.54) is 25.7 Å². The summed E-state index contributed by atoms with van der Waals surface area (Å²) in [5.74, 6) is 1.02. The Labute approximate surface area is 202 Å². The number of allylic oxidation sites excluding steroid dienone is 1. The molecule has 0 amide bonds. The molecule has 4 fully saturated rings. The van der Waals surface area contributed by atoms with Gasteiger partial charge in [-0.25, -0.2) is 0 Å². The third kappa shape index (κ3) is 2.91. The molecule has 5 aliphatic carbocycles. The molecule has 0 aliphatic heterocycles. The molecule has 0 saturated heterocycles. The van der Waals surface area contributed by atoms with Crippen LogP contribution in [-0.4, -0.2) is 34.1 Å². The molecule has 1 unspecified atom stereocenters. The number of aliphatic hydroxyl groups is 3. The van der Waals surface area contributed by atoms with E-state index in [1.54, 1.807) is 11.1 Å². The molecule has 0 aromatic rings. The number of rotatable bonds is 1. The van der Waals surface area contributed by atoms with E-state index in [0.29, 0.717) is 11.8 Å². The minimum atomic E-state index is -0.386. The van der Waals surface area contributed by atoms with Crippen LogP contribution in [0, 0.1) is 44.3 Å². The summed E-state index contributed by atoms with van der Waals surface area (Å²) in [6, 6.07) is 0. The van der Waals surface area contributed by atoms with Crippen molar-refractivity contribution < 1.29 is 15.3 Å². The van der Waals surface area contributed by atoms with Crippen LogP contribution in [0.3, 0.4) is 0 Å². The van der Waals surface area contributed by atoms with Gasteiger partial charge in [-0.2, -0.15) is 0 Å². The lowest BCUT2D eigenvalue weighted by atomic mass is 9.34. The Kier molecular flexibility index (Phi) is 5.23. The van der Waals surface area contributed by atoms with Gasteiger partial charge in [0.2, 0.25) is 0 Å². The van der Waals surface area contributed by atoms with Crippen molar-refractivity contribution in [3.63, 3.8) is 0 Å². The van der Waals surface area contributed by atoms with Crippen LogP contribution in [0.2, 0.25) is 0 Å². The first-order chi connectivity index (χ1) is 15.2. The van der Waals surface area contributed by atoms with Crippen LogP contribution in [0.4, 0.5) is 0 Å². The van der Waals surface area contributed by atoms with Gasteiger partial charge >= 0.3 is 0 Å². The Morgan fingerprint density at radius 1 is 0.758 bits per heavy atom. The van der Waals surface area contributed by atoms with Gasteiger partial charge in [0, 0.05) is 10.8 Å². The van der Waals surface area contributed by atoms with E-state index in [0.717, 1.165) is 38.5 Å². The number of hydrogen-bond acceptors (Lipinski definition) is 3. The molecule has 0 bridgehead atoms. The molecule has 0 spiro atoms. The van der Waals surface area contributed by atoms with Crippen molar-refractivity contribution in [2.75, 3.05) is 6.61 Å². The van der Waals surface area contributed by atoms with E-state index >= 15 is 0 Å². The first-order valence-corrected chi connectivity index (χ1v) is 13.9. The molecule has 0 radical (unpaired) electrons. The molecule has 9 atom stereocenters. The normalized spacial score (nSPS) is 55.8. The lowest BCUT2D eigenvalue weighted by Crippen LogP contribution is -2.65. The zero-order chi connectivity index (χ0) is 24.2. The van der Waals surface area contributed by atoms with Gasteiger partial charge in [0.15, 0.2) is 0 Å². The molecule has 3 nitrogen and oxygen atoms in total. The largest absolute Gasteiger partial charge is 0.396 e. The molecule has 3 N–H and O–H groups in total. The summed E-state index contributed by atoms with van der Waals surface area (Å²) in [6.07, 6.45) is 10.3. The third-order valence-corrected chi connectivity index (χ3v) is 13.1. The fraction of sp³-hybridized carbons (Fsp3) is 0.933. The van der Waals surface area contributed by atoms with Crippen molar-refractivity contribution >= 4 is 0 Å². The predicted octanol–water partition coefficient (Wildman–Crippen LogP) is 6.26. The summed E-state index contributed by atoms with van der Waals surface area (Å²) in [5.41, 5.74) is 3.69. The maximum atomic E-state index is 11.3. The number of aliphatic hydroxyl groups excluding tert-OH is 3. The van der Waals surface area contributed by atoms with Gasteiger partial charge in [-0.1, -0.05) is 59.6 Å². The van der Waals surface area contributed by atoms with E-state index in [9.17, 15) is 15.3 Å². The minimum Gasteiger partial charge on any atom is -0.396 e. The highest BCUT2D eigenvalue weighted by atomic mass is 16.3. The molecule has 0 aromatic carbocycles. The van der Waals surface area contributed by atoms with Gasteiger partial charge in [0.1, 0.15) is 0 Å². The quantitative estimate of drug-likeness (QED) is 0.407. The van der Waals surface area contributed by atoms with Crippen molar-refractivity contribution in [1.29, 1.82) is 0 Å². The lowest BCUT2D eigenvalue weighted by Gasteiger charge is -2.71. The van der Waals surface area contributed by atoms with E-state index in [4.69, 9.17) is 0 Å². The van der Waals surface area contributed by atoms with Gasteiger partial charge in [-0.3, -0.25) is 0 Å². The van der Waals surface area contributed by atoms with Crippen LogP contribution in [0.25, 0.3) is 0 Å². The number of hydrogen-bond donors (Lipinski definition) is 3. The topological polar surface area (TPSA) is 60.7 Å². The predicted molar refractivity (Wildman–Crippen MR) is 134 cm³/mol. The van der Waals surface area contributed by atoms with Crippen molar-refractivity contribution in [2.45, 2.75) is 125 Å². The zero-order valence-electron chi connectivity index (χ0n) is 22.4. The summed E-state index contributed by atoms with van der Waals surface area (Å²) < 4.78 is 0. The second-order valence-corrected chi connectivity index (χ2v) is 15.1. The molecular formula is C30H50O3. The Morgan fingerprint density at radius 2 is 1.45 bits per heavy atom. The highest BCUT2D eigenvalue weighted by Crippen LogP contribution is 2.75. The Balaban J connectivity index is 1.60. The monoisotopic (exact) mass is 458 g/mol. The van der Waals surface area contributed by atoms with Crippen molar-refractivity contribution in [2.24, 2.45) is 44.3 Å². The summed E-state index contributed by atoms with van der Waals surface area (Å²) in [4.78, 5) is 0. The van der Waals surface area contributed by atoms with Crippen LogP contribution < -0.4 is 0 Å². The summed E-state index contributed by atoms with van der Waals surface area (Å²) in [6.45, 7) is 17.0. The zero-order valence-corrected chi connectivity index (χ0v) is 22.4. The Hall–Kier alpha value is -0.380. The van der Waals surface area contributed by atoms with E-state index in [-0.39, 0.29) is 51.3 Å². The van der Waals surface area contributed by atoms with Crippen LogP contribution >= 0.6 is 0 Å². The van der Waals surface area contributed by atoms with Crippen LogP contribution in [-0.2, 0) is 0 Å². The lowest BCUT2D eigenvalue weighted by molar-refractivity contribution is -0.217. The molecule has 188 valence electrons. The van der Waals surface area contributed by atoms with Crippen LogP contribution in [0.5, 0.6) is 0 Å². The molecule has 5 aliphatic rings. The van der Waals surface area contributed by atoms with Crippen molar-refractivity contribution in [3.8, 4) is 0 Å². The molecule has 33 heavy (non-hydrogen) atoms. The van der Waals surface area contributed by atoms with Gasteiger partial charge < -0.3 is 15.3 Å². The summed E-state index contributed by atoms with van der Waals surface area (Å²) >= 11 is 0. The van der Waals surface area contributed by atoms with E-state index in [1.807, 2.05) is 0 Å². The van der Waals surface area contributed by atoms with E-state index < -0.39 is 0 Å². The second-order valence-electron chi connectivity index (χ2n) is 15.1. The van der Waals surface area contributed by atoms with Gasteiger partial charge in [-0.15, -0.1) is 0 Å². The maximum Gasteiger partial charge on any atom is 0.0636 e. The summed E-state index contributed by atoms with van der Waals surface area (Å²) in [7, 11) is 0. The standard InChI is InChI=1S/C30H50O3/c1-25(2)16-20-19-8-9-22-27(4)12-11-23(32)28(5,18-31)21(27)10-13-30(22,7)29(19,6)15-14-26(20,3)24(33)17-25/h21-24,31-33H,8-18H2,1-7H3/t21?,22-,23+,24-,26-,27+,28-,29-,30-/m1/s1. The molecule has 0 aromatic heterocycles. The second kappa shape index (κ2) is 7.10. The minimum absolute atomic E-state index is 0.0426. The molecular weight excluding hydrogens is 408 g/mol. The Bertz CT molecular complexity index is 861. The first kappa shape index (κ1) is 24.3. The van der Waals surface area contributed by atoms with Crippen LogP contribution in [0.15, 0.2) is 11.1 Å². The van der Waals surface area contributed by atoms with Crippen molar-refractivity contribution in [3.05, 3.63) is 11.1 Å². The van der Waals surface area contributed by atoms with Crippen molar-refractivity contribution in [1.82, 2.24) is 0 Å². The molecule has 5 rings (SSSR count). The fourth-order valence-electron chi connectivity index (χ4n) is 10.7. The highest BCUT2D eigenvalue weighted by Gasteiger charge is 2.68. The average Bonchev–Trinajstić information content (AvgIpc) is 2.73. The summed E-state index contributed by atoms with van der Waals surface area (Å²) in [5, 5.41) is 32.6. The highest BCUT2D eigenvalue weighted by molar-refractivity contribution is 5.39. The SMILES string of the molecule is CC1(C)CC2=C3CC[C@@H]4[C@@]5(C)CC[C@H](O)[C@](C)(CO)C5CC[C@@]4(C)[C@]3(C)CC[C@@]2(C)[C@H](O)C1. The molecule has 3 heteroatoms. The fourth-order valence-corrected chi connectivity index (χ4v) is 10.7. The Morgan fingerprint density at radius 3 is 2.12 bits per heavy atom. The average molecular weight is 459 g/mol. The molecule has 0 heterocycles. The van der Waals surface area contributed by atoms with Gasteiger partial charge in [-0.05, 0) is 97.7 Å². The first-order valence-electron chi connectivity index (χ1n) is 13.9. The van der Waals surface area contributed by atoms with Crippen LogP contribution in [0.1, 0.15) is 113 Å². The van der Waals surface area contributed by atoms with E-state index in [2.05, 4.69) is 48.5 Å². The third-order valence-electron chi connectivity index (χ3n) is 13.1.